The minimum atomic E-state index is -0.922. The van der Waals surface area contributed by atoms with E-state index in [4.69, 9.17) is 9.84 Å². The molecular weight excluding hydrogens is 282 g/mol. The molecular formula is C17H25NO4. The average molecular weight is 307 g/mol. The van der Waals surface area contributed by atoms with Gasteiger partial charge >= 0.3 is 5.97 Å². The number of likely N-dealkylation sites (N-methyl/N-ethyl adjacent to an activating group) is 1. The molecule has 22 heavy (non-hydrogen) atoms. The van der Waals surface area contributed by atoms with Crippen LogP contribution in [0, 0.1) is 6.92 Å². The molecule has 5 nitrogen and oxygen atoms in total. The van der Waals surface area contributed by atoms with Crippen LogP contribution in [0.15, 0.2) is 18.2 Å². The third-order valence-electron chi connectivity index (χ3n) is 3.48. The SMILES string of the molecule is Cc1ccc(C(C)C)c(OC(C)C(=O)N(C)CCC(=O)O)c1. The van der Waals surface area contributed by atoms with Gasteiger partial charge in [0.2, 0.25) is 0 Å². The second-order valence-electron chi connectivity index (χ2n) is 5.86. The molecule has 0 bridgehead atoms. The zero-order valence-electron chi connectivity index (χ0n) is 13.9. The van der Waals surface area contributed by atoms with Crippen molar-refractivity contribution >= 4 is 11.9 Å². The van der Waals surface area contributed by atoms with Crippen LogP contribution in [0.5, 0.6) is 5.75 Å². The Kier molecular flexibility index (Phi) is 6.40. The Bertz CT molecular complexity index is 539. The first-order valence-electron chi connectivity index (χ1n) is 7.46. The van der Waals surface area contributed by atoms with Gasteiger partial charge < -0.3 is 14.7 Å². The van der Waals surface area contributed by atoms with Crippen molar-refractivity contribution in [1.82, 2.24) is 4.90 Å². The fourth-order valence-corrected chi connectivity index (χ4v) is 2.15. The number of benzene rings is 1. The van der Waals surface area contributed by atoms with Crippen molar-refractivity contribution in [3.05, 3.63) is 29.3 Å². The lowest BCUT2D eigenvalue weighted by Gasteiger charge is -2.23. The molecule has 5 heteroatoms. The minimum Gasteiger partial charge on any atom is -0.481 e. The van der Waals surface area contributed by atoms with Gasteiger partial charge in [0.15, 0.2) is 6.10 Å². The van der Waals surface area contributed by atoms with Crippen LogP contribution in [-0.4, -0.2) is 41.6 Å². The summed E-state index contributed by atoms with van der Waals surface area (Å²) in [6.07, 6.45) is -0.727. The van der Waals surface area contributed by atoms with Crippen LogP contribution in [0.4, 0.5) is 0 Å². The Morgan fingerprint density at radius 1 is 1.27 bits per heavy atom. The van der Waals surface area contributed by atoms with E-state index in [0.29, 0.717) is 11.7 Å². The number of aliphatic carboxylic acids is 1. The third kappa shape index (κ3) is 5.06. The first kappa shape index (κ1) is 18.0. The van der Waals surface area contributed by atoms with Crippen molar-refractivity contribution < 1.29 is 19.4 Å². The fraction of sp³-hybridized carbons (Fsp3) is 0.529. The summed E-state index contributed by atoms with van der Waals surface area (Å²) in [6.45, 7) is 7.98. The van der Waals surface area contributed by atoms with Crippen LogP contribution in [0.1, 0.15) is 44.2 Å². The van der Waals surface area contributed by atoms with E-state index in [1.807, 2.05) is 25.1 Å². The maximum absolute atomic E-state index is 12.2. The summed E-state index contributed by atoms with van der Waals surface area (Å²) in [4.78, 5) is 24.2. The van der Waals surface area contributed by atoms with Gasteiger partial charge in [-0.1, -0.05) is 26.0 Å². The van der Waals surface area contributed by atoms with Crippen LogP contribution in [0.25, 0.3) is 0 Å². The van der Waals surface area contributed by atoms with Crippen molar-refractivity contribution in [2.45, 2.75) is 46.1 Å². The topological polar surface area (TPSA) is 66.8 Å². The number of nitrogens with zero attached hydrogens (tertiary/aromatic N) is 1. The Morgan fingerprint density at radius 2 is 1.91 bits per heavy atom. The maximum Gasteiger partial charge on any atom is 0.305 e. The van der Waals surface area contributed by atoms with Crippen molar-refractivity contribution in [2.75, 3.05) is 13.6 Å². The molecule has 1 unspecified atom stereocenters. The highest BCUT2D eigenvalue weighted by Crippen LogP contribution is 2.28. The van der Waals surface area contributed by atoms with Crippen molar-refractivity contribution in [1.29, 1.82) is 0 Å². The molecule has 1 aromatic rings. The molecule has 1 N–H and O–H groups in total. The predicted molar refractivity (Wildman–Crippen MR) is 85.2 cm³/mol. The molecule has 1 aromatic carbocycles. The molecule has 0 aliphatic carbocycles. The average Bonchev–Trinajstić information content (AvgIpc) is 2.43. The molecule has 1 amide bonds. The van der Waals surface area contributed by atoms with Crippen LogP contribution in [-0.2, 0) is 9.59 Å². The lowest BCUT2D eigenvalue weighted by atomic mass is 10.0. The van der Waals surface area contributed by atoms with Gasteiger partial charge in [0.1, 0.15) is 5.75 Å². The van der Waals surface area contributed by atoms with Crippen molar-refractivity contribution in [3.8, 4) is 5.75 Å². The molecule has 122 valence electrons. The Labute approximate surface area is 131 Å². The second kappa shape index (κ2) is 7.82. The third-order valence-corrected chi connectivity index (χ3v) is 3.48. The summed E-state index contributed by atoms with van der Waals surface area (Å²) < 4.78 is 5.84. The highest BCUT2D eigenvalue weighted by Gasteiger charge is 2.21. The van der Waals surface area contributed by atoms with E-state index < -0.39 is 12.1 Å². The monoisotopic (exact) mass is 307 g/mol. The van der Waals surface area contributed by atoms with Gasteiger partial charge in [0, 0.05) is 13.6 Å². The van der Waals surface area contributed by atoms with E-state index in [0.717, 1.165) is 11.1 Å². The van der Waals surface area contributed by atoms with Gasteiger partial charge in [-0.15, -0.1) is 0 Å². The molecule has 0 aliphatic heterocycles. The molecule has 0 spiro atoms. The predicted octanol–water partition coefficient (Wildman–Crippen LogP) is 2.82. The number of carbonyl (C=O) groups excluding carboxylic acids is 1. The molecule has 0 aromatic heterocycles. The highest BCUT2D eigenvalue weighted by atomic mass is 16.5. The zero-order chi connectivity index (χ0) is 16.9. The summed E-state index contributed by atoms with van der Waals surface area (Å²) in [7, 11) is 1.59. The van der Waals surface area contributed by atoms with Crippen molar-refractivity contribution in [3.63, 3.8) is 0 Å². The van der Waals surface area contributed by atoms with Gasteiger partial charge in [-0.3, -0.25) is 9.59 Å². The van der Waals surface area contributed by atoms with Gasteiger partial charge in [0.05, 0.1) is 6.42 Å². The number of ether oxygens (including phenoxy) is 1. The lowest BCUT2D eigenvalue weighted by molar-refractivity contribution is -0.140. The maximum atomic E-state index is 12.2. The molecule has 0 saturated heterocycles. The number of carboxylic acids is 1. The van der Waals surface area contributed by atoms with E-state index in [9.17, 15) is 9.59 Å². The van der Waals surface area contributed by atoms with Crippen LogP contribution in [0.3, 0.4) is 0 Å². The molecule has 0 fully saturated rings. The first-order valence-corrected chi connectivity index (χ1v) is 7.46. The number of hydrogen-bond acceptors (Lipinski definition) is 3. The summed E-state index contributed by atoms with van der Waals surface area (Å²) >= 11 is 0. The standard InChI is InChI=1S/C17H25NO4/c1-11(2)14-7-6-12(3)10-15(14)22-13(4)17(21)18(5)9-8-16(19)20/h6-7,10-11,13H,8-9H2,1-5H3,(H,19,20). The first-order chi connectivity index (χ1) is 10.2. The van der Waals surface area contributed by atoms with E-state index in [1.54, 1.807) is 14.0 Å². The van der Waals surface area contributed by atoms with Gasteiger partial charge in [-0.25, -0.2) is 0 Å². The Morgan fingerprint density at radius 3 is 2.45 bits per heavy atom. The smallest absolute Gasteiger partial charge is 0.305 e. The number of carboxylic acid groups (broad SMARTS) is 1. The number of carbonyl (C=O) groups is 2. The van der Waals surface area contributed by atoms with E-state index in [-0.39, 0.29) is 18.9 Å². The summed E-state index contributed by atoms with van der Waals surface area (Å²) in [6, 6.07) is 5.96. The largest absolute Gasteiger partial charge is 0.481 e. The Balaban J connectivity index is 2.79. The minimum absolute atomic E-state index is 0.0728. The highest BCUT2D eigenvalue weighted by molar-refractivity contribution is 5.81. The van der Waals surface area contributed by atoms with Crippen LogP contribution >= 0.6 is 0 Å². The number of aryl methyl sites for hydroxylation is 1. The molecule has 0 heterocycles. The molecule has 0 radical (unpaired) electrons. The summed E-state index contributed by atoms with van der Waals surface area (Å²) in [5.74, 6) is -0.142. The van der Waals surface area contributed by atoms with Gasteiger partial charge in [0.25, 0.3) is 5.91 Å². The number of hydrogen-bond donors (Lipinski definition) is 1. The van der Waals surface area contributed by atoms with Gasteiger partial charge in [-0.05, 0) is 37.0 Å². The van der Waals surface area contributed by atoms with E-state index in [1.165, 1.54) is 4.90 Å². The van der Waals surface area contributed by atoms with Crippen molar-refractivity contribution in [2.24, 2.45) is 0 Å². The van der Waals surface area contributed by atoms with Crippen LogP contribution in [0.2, 0.25) is 0 Å². The zero-order valence-corrected chi connectivity index (χ0v) is 13.9. The number of rotatable bonds is 7. The number of amides is 1. The van der Waals surface area contributed by atoms with Gasteiger partial charge in [-0.2, -0.15) is 0 Å². The van der Waals surface area contributed by atoms with E-state index >= 15 is 0 Å². The molecule has 0 saturated carbocycles. The summed E-state index contributed by atoms with van der Waals surface area (Å²) in [5, 5.41) is 8.68. The molecule has 0 aliphatic rings. The fourth-order valence-electron chi connectivity index (χ4n) is 2.15. The molecule has 1 atom stereocenters. The van der Waals surface area contributed by atoms with E-state index in [2.05, 4.69) is 13.8 Å². The summed E-state index contributed by atoms with van der Waals surface area (Å²) in [5.41, 5.74) is 2.12. The van der Waals surface area contributed by atoms with Crippen LogP contribution < -0.4 is 4.74 Å². The Hall–Kier alpha value is -2.04. The normalized spacial score (nSPS) is 12.1. The quantitative estimate of drug-likeness (QED) is 0.841. The second-order valence-corrected chi connectivity index (χ2v) is 5.86. The molecule has 1 rings (SSSR count). The lowest BCUT2D eigenvalue weighted by Crippen LogP contribution is -2.39.